The van der Waals surface area contributed by atoms with E-state index in [4.69, 9.17) is 37.7 Å². The summed E-state index contributed by atoms with van der Waals surface area (Å²) in [4.78, 5) is 40.1. The molecular weight excluding hydrogens is 527 g/mol. The predicted molar refractivity (Wildman–Crippen MR) is 138 cm³/mol. The molecule has 0 aromatic carbocycles. The normalized spacial score (nSPS) is 18.0. The molecule has 0 bridgehead atoms. The molecule has 10 nitrogen and oxygen atoms in total. The average molecular weight is 555 g/mol. The molecule has 0 unspecified atom stereocenters. The number of halogens is 2. The Bertz CT molecular complexity index is 1260. The van der Waals surface area contributed by atoms with E-state index in [0.717, 1.165) is 0 Å². The molecule has 36 heavy (non-hydrogen) atoms. The van der Waals surface area contributed by atoms with E-state index < -0.39 is 5.97 Å². The number of methoxy groups -OCH3 is 1. The Hall–Kier alpha value is -2.47. The van der Waals surface area contributed by atoms with Gasteiger partial charge in [0.1, 0.15) is 27.7 Å². The Kier molecular flexibility index (Phi) is 8.34. The van der Waals surface area contributed by atoms with E-state index >= 15 is 0 Å². The number of anilines is 1. The van der Waals surface area contributed by atoms with Crippen molar-refractivity contribution in [1.29, 1.82) is 0 Å². The molecule has 0 radical (unpaired) electrons. The van der Waals surface area contributed by atoms with Gasteiger partial charge in [-0.2, -0.15) is 5.10 Å². The number of ketones is 1. The molecule has 2 atom stereocenters. The zero-order chi connectivity index (χ0) is 26.0. The number of aryl methyl sites for hydroxylation is 1. The Balaban J connectivity index is 1.55. The minimum absolute atomic E-state index is 0.00986. The van der Waals surface area contributed by atoms with E-state index in [2.05, 4.69) is 20.0 Å². The van der Waals surface area contributed by atoms with Crippen LogP contribution in [0.2, 0.25) is 10.2 Å². The zero-order valence-electron chi connectivity index (χ0n) is 20.5. The second kappa shape index (κ2) is 11.3. The van der Waals surface area contributed by atoms with Crippen LogP contribution in [0.5, 0.6) is 0 Å². The molecule has 0 spiro atoms. The molecule has 0 saturated carbocycles. The average Bonchev–Trinajstić information content (AvgIpc) is 3.58. The van der Waals surface area contributed by atoms with Crippen molar-refractivity contribution in [3.05, 3.63) is 32.6 Å². The van der Waals surface area contributed by atoms with Crippen LogP contribution < -0.4 is 4.90 Å². The topological polar surface area (TPSA) is 115 Å². The monoisotopic (exact) mass is 554 g/mol. The summed E-state index contributed by atoms with van der Waals surface area (Å²) in [5.74, 6) is -0.0362. The summed E-state index contributed by atoms with van der Waals surface area (Å²) in [7, 11) is 1.63. The lowest BCUT2D eigenvalue weighted by atomic mass is 9.88. The second-order valence-electron chi connectivity index (χ2n) is 8.44. The number of H-pyrrole nitrogens is 1. The van der Waals surface area contributed by atoms with Crippen LogP contribution in [0.4, 0.5) is 5.13 Å². The van der Waals surface area contributed by atoms with Gasteiger partial charge in [0.2, 0.25) is 0 Å². The summed E-state index contributed by atoms with van der Waals surface area (Å²) in [5.41, 5.74) is 1.45. The van der Waals surface area contributed by atoms with E-state index in [9.17, 15) is 9.59 Å². The van der Waals surface area contributed by atoms with Crippen LogP contribution in [0.15, 0.2) is 6.33 Å². The van der Waals surface area contributed by atoms with Gasteiger partial charge in [-0.05, 0) is 33.1 Å². The number of ether oxygens (including phenoxy) is 2. The number of nitrogens with one attached hydrogen (secondary N) is 1. The summed E-state index contributed by atoms with van der Waals surface area (Å²) in [6.07, 6.45) is 2.20. The molecule has 1 saturated heterocycles. The van der Waals surface area contributed by atoms with Crippen molar-refractivity contribution in [1.82, 2.24) is 24.7 Å². The van der Waals surface area contributed by atoms with E-state index in [-0.39, 0.29) is 30.8 Å². The van der Waals surface area contributed by atoms with Gasteiger partial charge in [0.15, 0.2) is 16.7 Å². The van der Waals surface area contributed by atoms with Crippen LogP contribution in [0, 0.1) is 12.8 Å². The number of aromatic amines is 1. The van der Waals surface area contributed by atoms with Gasteiger partial charge >= 0.3 is 5.97 Å². The van der Waals surface area contributed by atoms with Crippen LogP contribution in [-0.4, -0.2) is 69.4 Å². The van der Waals surface area contributed by atoms with E-state index in [0.29, 0.717) is 69.0 Å². The largest absolute Gasteiger partial charge is 0.462 e. The van der Waals surface area contributed by atoms with Crippen LogP contribution in [0.25, 0.3) is 11.5 Å². The third-order valence-corrected chi connectivity index (χ3v) is 8.26. The standard InChI is InChI=1S/C23H28Cl2N6O4S/c1-5-31-21(26-11-27-31)18-19(22(33)35-6-2)36-23(29-18)30-8-7-13(15(10-30)34-4)9-14(32)17-16(24)12(3)20(25)28-17/h11,13,15,28H,5-10H2,1-4H3/t13-,15-/m0/s1. The number of esters is 1. The zero-order valence-corrected chi connectivity index (χ0v) is 22.8. The lowest BCUT2D eigenvalue weighted by molar-refractivity contribution is 0.0375. The van der Waals surface area contributed by atoms with E-state index in [1.54, 1.807) is 25.6 Å². The maximum Gasteiger partial charge on any atom is 0.350 e. The van der Waals surface area contributed by atoms with Crippen LogP contribution in [0.3, 0.4) is 0 Å². The molecule has 0 amide bonds. The number of aromatic nitrogens is 5. The fraction of sp³-hybridized carbons (Fsp3) is 0.522. The summed E-state index contributed by atoms with van der Waals surface area (Å²) >= 11 is 13.7. The maximum absolute atomic E-state index is 13.0. The lowest BCUT2D eigenvalue weighted by Crippen LogP contribution is -2.45. The predicted octanol–water partition coefficient (Wildman–Crippen LogP) is 4.66. The number of nitrogens with zero attached hydrogens (tertiary/aromatic N) is 5. The number of hydrogen-bond donors (Lipinski definition) is 1. The Morgan fingerprint density at radius 1 is 1.31 bits per heavy atom. The summed E-state index contributed by atoms with van der Waals surface area (Å²) in [5, 5.41) is 5.61. The maximum atomic E-state index is 13.0. The molecule has 4 heterocycles. The van der Waals surface area contributed by atoms with Crippen LogP contribution in [-0.2, 0) is 16.0 Å². The van der Waals surface area contributed by atoms with Crippen LogP contribution in [0.1, 0.15) is 52.4 Å². The summed E-state index contributed by atoms with van der Waals surface area (Å²) in [6, 6.07) is 0. The van der Waals surface area contributed by atoms with Crippen molar-refractivity contribution < 1.29 is 19.1 Å². The smallest absolute Gasteiger partial charge is 0.350 e. The quantitative estimate of drug-likeness (QED) is 0.300. The summed E-state index contributed by atoms with van der Waals surface area (Å²) < 4.78 is 12.7. The first-order chi connectivity index (χ1) is 17.3. The number of hydrogen-bond acceptors (Lipinski definition) is 9. The fourth-order valence-electron chi connectivity index (χ4n) is 4.32. The van der Waals surface area contributed by atoms with Gasteiger partial charge in [0.05, 0.1) is 17.7 Å². The van der Waals surface area contributed by atoms with Crippen molar-refractivity contribution in [3.8, 4) is 11.5 Å². The van der Waals surface area contributed by atoms with Crippen molar-refractivity contribution in [2.24, 2.45) is 5.92 Å². The Labute approximate surface area is 222 Å². The van der Waals surface area contributed by atoms with Crippen molar-refractivity contribution >= 4 is 51.4 Å². The third-order valence-electron chi connectivity index (χ3n) is 6.31. The molecular formula is C23H28Cl2N6O4S. The Morgan fingerprint density at radius 2 is 2.08 bits per heavy atom. The second-order valence-corrected chi connectivity index (χ2v) is 10.2. The number of carbonyl (C=O) groups is 2. The van der Waals surface area contributed by atoms with Crippen molar-refractivity contribution in [3.63, 3.8) is 0 Å². The number of Topliss-reactive ketones (excluding diaryl/α,β-unsaturated/α-hetero) is 1. The molecule has 0 aliphatic carbocycles. The molecule has 1 N–H and O–H groups in total. The van der Waals surface area contributed by atoms with E-state index in [1.165, 1.54) is 17.7 Å². The van der Waals surface area contributed by atoms with Crippen molar-refractivity contribution in [2.75, 3.05) is 31.7 Å². The number of carbonyl (C=O) groups excluding carboxylic acids is 2. The molecule has 1 aliphatic heterocycles. The molecule has 1 fully saturated rings. The first-order valence-electron chi connectivity index (χ1n) is 11.7. The minimum atomic E-state index is -0.442. The van der Waals surface area contributed by atoms with Gasteiger partial charge in [-0.1, -0.05) is 34.5 Å². The molecule has 3 aromatic rings. The van der Waals surface area contributed by atoms with Gasteiger partial charge < -0.3 is 19.4 Å². The van der Waals surface area contributed by atoms with E-state index in [1.807, 2.05) is 6.92 Å². The molecule has 194 valence electrons. The SMILES string of the molecule is CCOC(=O)c1sc(N2CC[C@@H](CC(=O)c3[nH]c(Cl)c(C)c3Cl)[C@@H](OC)C2)nc1-c1ncnn1CC. The highest BCUT2D eigenvalue weighted by molar-refractivity contribution is 7.17. The minimum Gasteiger partial charge on any atom is -0.462 e. The lowest BCUT2D eigenvalue weighted by Gasteiger charge is -2.37. The van der Waals surface area contributed by atoms with Crippen molar-refractivity contribution in [2.45, 2.75) is 46.3 Å². The fourth-order valence-corrected chi connectivity index (χ4v) is 5.80. The molecule has 3 aromatic heterocycles. The first kappa shape index (κ1) is 26.6. The Morgan fingerprint density at radius 3 is 2.72 bits per heavy atom. The van der Waals surface area contributed by atoms with Gasteiger partial charge in [-0.15, -0.1) is 0 Å². The highest BCUT2D eigenvalue weighted by Crippen LogP contribution is 2.36. The number of rotatable bonds is 9. The summed E-state index contributed by atoms with van der Waals surface area (Å²) in [6.45, 7) is 7.48. The molecule has 4 rings (SSSR count). The highest BCUT2D eigenvalue weighted by Gasteiger charge is 2.35. The number of piperidine rings is 1. The third kappa shape index (κ3) is 5.15. The molecule has 13 heteroatoms. The number of thiazole rings is 1. The molecule has 1 aliphatic rings. The van der Waals surface area contributed by atoms with Gasteiger partial charge in [-0.25, -0.2) is 19.4 Å². The van der Waals surface area contributed by atoms with Crippen LogP contribution >= 0.6 is 34.5 Å². The van der Waals surface area contributed by atoms with Gasteiger partial charge in [0, 0.05) is 38.7 Å². The first-order valence-corrected chi connectivity index (χ1v) is 13.3. The highest BCUT2D eigenvalue weighted by atomic mass is 35.5. The van der Waals surface area contributed by atoms with Gasteiger partial charge in [-0.3, -0.25) is 4.79 Å². The van der Waals surface area contributed by atoms with Gasteiger partial charge in [0.25, 0.3) is 0 Å².